The fraction of sp³-hybridized carbons (Fsp3) is 0.900. The smallest absolute Gasteiger partial charge is 0.161 e. The lowest BCUT2D eigenvalue weighted by Crippen LogP contribution is -2.25. The molecule has 0 amide bonds. The zero-order valence-corrected chi connectivity index (χ0v) is 7.75. The molecule has 12 heavy (non-hydrogen) atoms. The average molecular weight is 170 g/mol. The van der Waals surface area contributed by atoms with Crippen LogP contribution in [0.4, 0.5) is 0 Å². The maximum atomic E-state index is 11.3. The van der Waals surface area contributed by atoms with Crippen molar-refractivity contribution in [2.24, 2.45) is 5.92 Å². The van der Waals surface area contributed by atoms with Crippen LogP contribution in [0.5, 0.6) is 0 Å². The van der Waals surface area contributed by atoms with Crippen LogP contribution in [0.15, 0.2) is 0 Å². The Bertz CT molecular complexity index is 150. The molecule has 1 rings (SSSR count). The molecule has 0 radical (unpaired) electrons. The Morgan fingerprint density at radius 3 is 2.67 bits per heavy atom. The third-order valence-corrected chi connectivity index (χ3v) is 2.65. The van der Waals surface area contributed by atoms with E-state index in [1.54, 1.807) is 0 Å². The molecule has 2 nitrogen and oxygen atoms in total. The highest BCUT2D eigenvalue weighted by Gasteiger charge is 2.23. The molecule has 0 bridgehead atoms. The van der Waals surface area contributed by atoms with E-state index in [-0.39, 0.29) is 5.78 Å². The van der Waals surface area contributed by atoms with Crippen LogP contribution in [-0.4, -0.2) is 17.0 Å². The van der Waals surface area contributed by atoms with Crippen molar-refractivity contribution in [1.82, 2.24) is 0 Å². The molecule has 1 unspecified atom stereocenters. The number of aliphatic hydroxyl groups excluding tert-OH is 1. The second-order valence-electron chi connectivity index (χ2n) is 3.77. The van der Waals surface area contributed by atoms with E-state index < -0.39 is 6.10 Å². The lowest BCUT2D eigenvalue weighted by atomic mass is 9.81. The molecule has 0 aromatic carbocycles. The summed E-state index contributed by atoms with van der Waals surface area (Å²) >= 11 is 0. The summed E-state index contributed by atoms with van der Waals surface area (Å²) in [7, 11) is 0. The van der Waals surface area contributed by atoms with Crippen molar-refractivity contribution >= 4 is 5.78 Å². The minimum Gasteiger partial charge on any atom is -0.385 e. The molecule has 1 aliphatic carbocycles. The summed E-state index contributed by atoms with van der Waals surface area (Å²) in [6.45, 7) is 1.99. The molecule has 0 aliphatic heterocycles. The van der Waals surface area contributed by atoms with Gasteiger partial charge in [0.1, 0.15) is 6.10 Å². The first kappa shape index (κ1) is 9.72. The van der Waals surface area contributed by atoms with Gasteiger partial charge in [0, 0.05) is 6.42 Å². The topological polar surface area (TPSA) is 37.3 Å². The summed E-state index contributed by atoms with van der Waals surface area (Å²) in [4.78, 5) is 11.3. The third kappa shape index (κ3) is 2.59. The van der Waals surface area contributed by atoms with Gasteiger partial charge in [-0.25, -0.2) is 0 Å². The van der Waals surface area contributed by atoms with E-state index in [4.69, 9.17) is 0 Å². The zero-order valence-electron chi connectivity index (χ0n) is 7.75. The summed E-state index contributed by atoms with van der Waals surface area (Å²) < 4.78 is 0. The molecule has 0 aromatic rings. The van der Waals surface area contributed by atoms with E-state index in [1.165, 1.54) is 19.3 Å². The minimum atomic E-state index is -0.685. The SMILES string of the molecule is CCCC(O)C(=O)CC1CCC1. The van der Waals surface area contributed by atoms with Gasteiger partial charge in [-0.05, 0) is 12.3 Å². The Morgan fingerprint density at radius 2 is 2.25 bits per heavy atom. The normalized spacial score (nSPS) is 20.2. The second kappa shape index (κ2) is 4.61. The molecular weight excluding hydrogens is 152 g/mol. The van der Waals surface area contributed by atoms with E-state index in [1.807, 2.05) is 6.92 Å². The summed E-state index contributed by atoms with van der Waals surface area (Å²) in [5.74, 6) is 0.644. The monoisotopic (exact) mass is 170 g/mol. The van der Waals surface area contributed by atoms with Crippen LogP contribution in [0.25, 0.3) is 0 Å². The number of hydrogen-bond acceptors (Lipinski definition) is 2. The Hall–Kier alpha value is -0.370. The first-order chi connectivity index (χ1) is 5.74. The van der Waals surface area contributed by atoms with Crippen molar-refractivity contribution in [3.63, 3.8) is 0 Å². The Balaban J connectivity index is 2.16. The number of rotatable bonds is 5. The van der Waals surface area contributed by atoms with Crippen LogP contribution in [0, 0.1) is 5.92 Å². The van der Waals surface area contributed by atoms with Gasteiger partial charge >= 0.3 is 0 Å². The number of carbonyl (C=O) groups is 1. The fourth-order valence-electron chi connectivity index (χ4n) is 1.55. The van der Waals surface area contributed by atoms with Crippen LogP contribution in [0.1, 0.15) is 45.4 Å². The van der Waals surface area contributed by atoms with Gasteiger partial charge in [0.2, 0.25) is 0 Å². The predicted molar refractivity (Wildman–Crippen MR) is 47.9 cm³/mol. The molecule has 70 valence electrons. The zero-order chi connectivity index (χ0) is 8.97. The Labute approximate surface area is 74.0 Å². The van der Waals surface area contributed by atoms with Crippen molar-refractivity contribution in [3.8, 4) is 0 Å². The highest BCUT2D eigenvalue weighted by Crippen LogP contribution is 2.30. The first-order valence-corrected chi connectivity index (χ1v) is 4.94. The number of hydrogen-bond donors (Lipinski definition) is 1. The number of Topliss-reactive ketones (excluding diaryl/α,β-unsaturated/α-hetero) is 1. The van der Waals surface area contributed by atoms with Crippen molar-refractivity contribution in [2.75, 3.05) is 0 Å². The van der Waals surface area contributed by atoms with Crippen LogP contribution in [0.3, 0.4) is 0 Å². The average Bonchev–Trinajstić information content (AvgIpc) is 1.97. The number of carbonyl (C=O) groups excluding carboxylic acids is 1. The maximum Gasteiger partial charge on any atom is 0.161 e. The van der Waals surface area contributed by atoms with Gasteiger partial charge in [0.25, 0.3) is 0 Å². The molecule has 2 heteroatoms. The summed E-state index contributed by atoms with van der Waals surface area (Å²) in [6.07, 6.45) is 5.08. The van der Waals surface area contributed by atoms with E-state index in [0.717, 1.165) is 6.42 Å². The van der Waals surface area contributed by atoms with Crippen LogP contribution < -0.4 is 0 Å². The van der Waals surface area contributed by atoms with E-state index in [2.05, 4.69) is 0 Å². The summed E-state index contributed by atoms with van der Waals surface area (Å²) in [6, 6.07) is 0. The molecule has 0 saturated heterocycles. The summed E-state index contributed by atoms with van der Waals surface area (Å²) in [5.41, 5.74) is 0. The van der Waals surface area contributed by atoms with Crippen molar-refractivity contribution in [1.29, 1.82) is 0 Å². The van der Waals surface area contributed by atoms with Crippen LogP contribution in [-0.2, 0) is 4.79 Å². The molecule has 0 heterocycles. The van der Waals surface area contributed by atoms with Gasteiger partial charge in [-0.15, -0.1) is 0 Å². The molecule has 1 N–H and O–H groups in total. The highest BCUT2D eigenvalue weighted by molar-refractivity contribution is 5.83. The molecule has 1 atom stereocenters. The van der Waals surface area contributed by atoms with Crippen LogP contribution >= 0.6 is 0 Å². The van der Waals surface area contributed by atoms with Crippen molar-refractivity contribution in [2.45, 2.75) is 51.6 Å². The number of ketones is 1. The largest absolute Gasteiger partial charge is 0.385 e. The van der Waals surface area contributed by atoms with Gasteiger partial charge in [0.05, 0.1) is 0 Å². The van der Waals surface area contributed by atoms with Gasteiger partial charge in [-0.3, -0.25) is 4.79 Å². The molecule has 1 fully saturated rings. The Morgan fingerprint density at radius 1 is 1.58 bits per heavy atom. The second-order valence-corrected chi connectivity index (χ2v) is 3.77. The summed E-state index contributed by atoms with van der Waals surface area (Å²) in [5, 5.41) is 9.34. The van der Waals surface area contributed by atoms with Crippen molar-refractivity contribution in [3.05, 3.63) is 0 Å². The van der Waals surface area contributed by atoms with Gasteiger partial charge in [-0.2, -0.15) is 0 Å². The fourth-order valence-corrected chi connectivity index (χ4v) is 1.55. The molecule has 1 aliphatic rings. The lowest BCUT2D eigenvalue weighted by molar-refractivity contribution is -0.129. The van der Waals surface area contributed by atoms with E-state index in [0.29, 0.717) is 18.8 Å². The third-order valence-electron chi connectivity index (χ3n) is 2.65. The van der Waals surface area contributed by atoms with Gasteiger partial charge in [0.15, 0.2) is 5.78 Å². The molecular formula is C10H18O2. The standard InChI is InChI=1S/C10H18O2/c1-2-4-9(11)10(12)7-8-5-3-6-8/h8-9,11H,2-7H2,1H3. The lowest BCUT2D eigenvalue weighted by Gasteiger charge is -2.25. The predicted octanol–water partition coefficient (Wildman–Crippen LogP) is 1.91. The molecule has 1 saturated carbocycles. The first-order valence-electron chi connectivity index (χ1n) is 4.94. The van der Waals surface area contributed by atoms with E-state index in [9.17, 15) is 9.90 Å². The van der Waals surface area contributed by atoms with Crippen molar-refractivity contribution < 1.29 is 9.90 Å². The van der Waals surface area contributed by atoms with Gasteiger partial charge < -0.3 is 5.11 Å². The molecule has 0 aromatic heterocycles. The highest BCUT2D eigenvalue weighted by atomic mass is 16.3. The minimum absolute atomic E-state index is 0.0570. The Kier molecular flexibility index (Phi) is 3.73. The van der Waals surface area contributed by atoms with E-state index >= 15 is 0 Å². The maximum absolute atomic E-state index is 11.3. The molecule has 0 spiro atoms. The van der Waals surface area contributed by atoms with Crippen LogP contribution in [0.2, 0.25) is 0 Å². The number of aliphatic hydroxyl groups is 1. The quantitative estimate of drug-likeness (QED) is 0.684. The van der Waals surface area contributed by atoms with Gasteiger partial charge in [-0.1, -0.05) is 32.6 Å².